The number of hydrogen-bond donors (Lipinski definition) is 1. The third-order valence-electron chi connectivity index (χ3n) is 7.13. The third-order valence-corrected chi connectivity index (χ3v) is 7.13. The lowest BCUT2D eigenvalue weighted by Crippen LogP contribution is -2.73. The van der Waals surface area contributed by atoms with Gasteiger partial charge in [-0.05, 0) is 56.4 Å². The normalized spacial score (nSPS) is 24.4. The van der Waals surface area contributed by atoms with Gasteiger partial charge in [0.05, 0.1) is 16.7 Å². The minimum Gasteiger partial charge on any atom is -0.367 e. The lowest BCUT2D eigenvalue weighted by Gasteiger charge is -2.53. The summed E-state index contributed by atoms with van der Waals surface area (Å²) in [6, 6.07) is 8.81. The Bertz CT molecular complexity index is 1230. The Labute approximate surface area is 190 Å². The Balaban J connectivity index is 1.68. The third kappa shape index (κ3) is 3.02. The largest absolute Gasteiger partial charge is 0.367 e. The number of rotatable bonds is 2. The van der Waals surface area contributed by atoms with Crippen LogP contribution in [-0.4, -0.2) is 35.4 Å². The molecule has 4 amide bonds. The summed E-state index contributed by atoms with van der Waals surface area (Å²) in [6.45, 7) is 4.37. The van der Waals surface area contributed by atoms with Gasteiger partial charge in [-0.3, -0.25) is 25.0 Å². The number of carbonyl (C=O) groups is 3. The fraction of sp³-hybridized carbons (Fsp3) is 0.375. The molecule has 2 fully saturated rings. The number of nitro groups is 1. The minimum atomic E-state index is -1.55. The molecule has 2 aromatic rings. The highest BCUT2D eigenvalue weighted by Gasteiger charge is 2.62. The molecule has 9 nitrogen and oxygen atoms in total. The summed E-state index contributed by atoms with van der Waals surface area (Å²) < 4.78 is 0. The predicted molar refractivity (Wildman–Crippen MR) is 121 cm³/mol. The molecule has 1 N–H and O–H groups in total. The first-order chi connectivity index (χ1) is 15.7. The zero-order chi connectivity index (χ0) is 23.5. The van der Waals surface area contributed by atoms with Gasteiger partial charge in [0.2, 0.25) is 5.91 Å². The fourth-order valence-corrected chi connectivity index (χ4v) is 5.64. The van der Waals surface area contributed by atoms with Crippen LogP contribution < -0.4 is 15.1 Å². The summed E-state index contributed by atoms with van der Waals surface area (Å²) in [6.07, 6.45) is 2.36. The van der Waals surface area contributed by atoms with Crippen LogP contribution in [0.2, 0.25) is 0 Å². The molecule has 170 valence electrons. The van der Waals surface area contributed by atoms with Gasteiger partial charge in [0.15, 0.2) is 5.41 Å². The Kier molecular flexibility index (Phi) is 4.73. The molecule has 1 spiro atoms. The fourth-order valence-electron chi connectivity index (χ4n) is 5.64. The van der Waals surface area contributed by atoms with Crippen LogP contribution in [0.4, 0.5) is 21.9 Å². The van der Waals surface area contributed by atoms with Crippen molar-refractivity contribution in [2.45, 2.75) is 45.6 Å². The molecule has 2 atom stereocenters. The lowest BCUT2D eigenvalue weighted by atomic mass is 9.66. The van der Waals surface area contributed by atoms with Crippen molar-refractivity contribution in [3.05, 3.63) is 63.2 Å². The average Bonchev–Trinajstić information content (AvgIpc) is 2.78. The van der Waals surface area contributed by atoms with E-state index in [1.807, 2.05) is 30.9 Å². The van der Waals surface area contributed by atoms with Crippen LogP contribution in [0.3, 0.4) is 0 Å². The van der Waals surface area contributed by atoms with Crippen molar-refractivity contribution in [2.75, 3.05) is 16.3 Å². The van der Waals surface area contributed by atoms with E-state index in [0.717, 1.165) is 34.6 Å². The monoisotopic (exact) mass is 448 g/mol. The lowest BCUT2D eigenvalue weighted by molar-refractivity contribution is -0.384. The van der Waals surface area contributed by atoms with Gasteiger partial charge in [-0.2, -0.15) is 0 Å². The van der Waals surface area contributed by atoms with Gasteiger partial charge in [-0.25, -0.2) is 9.69 Å². The number of amides is 4. The number of anilines is 2. The topological polar surface area (TPSA) is 113 Å². The minimum absolute atomic E-state index is 0.00450. The van der Waals surface area contributed by atoms with Crippen molar-refractivity contribution in [1.82, 2.24) is 5.32 Å². The van der Waals surface area contributed by atoms with E-state index in [0.29, 0.717) is 24.2 Å². The highest BCUT2D eigenvalue weighted by atomic mass is 16.6. The van der Waals surface area contributed by atoms with E-state index in [2.05, 4.69) is 5.32 Å². The molecule has 0 aromatic heterocycles. The van der Waals surface area contributed by atoms with Gasteiger partial charge in [-0.1, -0.05) is 17.7 Å². The van der Waals surface area contributed by atoms with E-state index in [1.165, 1.54) is 12.1 Å². The molecule has 3 aliphatic rings. The average molecular weight is 448 g/mol. The van der Waals surface area contributed by atoms with E-state index in [1.54, 1.807) is 12.1 Å². The molecule has 0 radical (unpaired) electrons. The number of hydrogen-bond acceptors (Lipinski definition) is 6. The second kappa shape index (κ2) is 7.40. The second-order valence-electron chi connectivity index (χ2n) is 9.11. The van der Waals surface area contributed by atoms with E-state index >= 15 is 0 Å². The highest BCUT2D eigenvalue weighted by molar-refractivity contribution is 6.31. The van der Waals surface area contributed by atoms with Crippen molar-refractivity contribution < 1.29 is 19.3 Å². The van der Waals surface area contributed by atoms with E-state index in [4.69, 9.17) is 0 Å². The summed E-state index contributed by atoms with van der Waals surface area (Å²) in [4.78, 5) is 54.5. The van der Waals surface area contributed by atoms with Crippen LogP contribution >= 0.6 is 0 Å². The number of nitrogens with one attached hydrogen (secondary N) is 1. The van der Waals surface area contributed by atoms with Gasteiger partial charge < -0.3 is 4.90 Å². The number of fused-ring (bicyclic) bond motifs is 4. The highest BCUT2D eigenvalue weighted by Crippen LogP contribution is 2.49. The number of imide groups is 2. The Hall–Kier alpha value is -3.75. The number of urea groups is 1. The number of nitrogens with zero attached hydrogens (tertiary/aromatic N) is 3. The van der Waals surface area contributed by atoms with Crippen LogP contribution in [0.15, 0.2) is 36.4 Å². The summed E-state index contributed by atoms with van der Waals surface area (Å²) in [5.74, 6) is -1.20. The number of carbonyl (C=O) groups excluding carboxylic acids is 3. The van der Waals surface area contributed by atoms with Gasteiger partial charge in [0, 0.05) is 30.8 Å². The standard InChI is InChI=1S/C24H24N4O5/c1-14-6-8-18(15(2)11-14)27-22(30)24(21(29)25-23(27)31)13-16-12-17(28(32)33)7-9-19(16)26-10-4-3-5-20(24)26/h6-9,11-12,20H,3-5,10,13H2,1-2H3,(H,25,29,31)/t20-,24-/m0/s1. The van der Waals surface area contributed by atoms with Gasteiger partial charge in [0.1, 0.15) is 0 Å². The van der Waals surface area contributed by atoms with Crippen molar-refractivity contribution >= 4 is 34.9 Å². The SMILES string of the molecule is Cc1ccc(N2C(=O)NC(=O)[C@@]3(Cc4cc([N+](=O)[O-])ccc4N4CCCC[C@H]43)C2=O)c(C)c1. The first kappa shape index (κ1) is 21.1. The number of benzene rings is 2. The Morgan fingerprint density at radius 3 is 2.55 bits per heavy atom. The summed E-state index contributed by atoms with van der Waals surface area (Å²) in [7, 11) is 0. The zero-order valence-corrected chi connectivity index (χ0v) is 18.5. The second-order valence-corrected chi connectivity index (χ2v) is 9.11. The van der Waals surface area contributed by atoms with Crippen molar-refractivity contribution in [2.24, 2.45) is 5.41 Å². The number of piperidine rings is 1. The molecular formula is C24H24N4O5. The van der Waals surface area contributed by atoms with Gasteiger partial charge in [-0.15, -0.1) is 0 Å². The number of nitro benzene ring substituents is 1. The van der Waals surface area contributed by atoms with Gasteiger partial charge in [0.25, 0.3) is 11.6 Å². The van der Waals surface area contributed by atoms with Crippen LogP contribution in [0, 0.1) is 29.4 Å². The van der Waals surface area contributed by atoms with Crippen molar-refractivity contribution in [3.63, 3.8) is 0 Å². The van der Waals surface area contributed by atoms with E-state index < -0.39 is 34.2 Å². The van der Waals surface area contributed by atoms with Crippen LogP contribution in [0.5, 0.6) is 0 Å². The van der Waals surface area contributed by atoms with Crippen LogP contribution in [-0.2, 0) is 16.0 Å². The maximum Gasteiger partial charge on any atom is 0.335 e. The molecule has 0 bridgehead atoms. The number of aryl methyl sites for hydroxylation is 2. The summed E-state index contributed by atoms with van der Waals surface area (Å²) in [5, 5.41) is 13.8. The molecular weight excluding hydrogens is 424 g/mol. The molecule has 2 aromatic carbocycles. The Morgan fingerprint density at radius 1 is 1.06 bits per heavy atom. The zero-order valence-electron chi connectivity index (χ0n) is 18.5. The van der Waals surface area contributed by atoms with E-state index in [-0.39, 0.29) is 12.1 Å². The molecule has 3 aliphatic heterocycles. The predicted octanol–water partition coefficient (Wildman–Crippen LogP) is 3.40. The molecule has 2 saturated heterocycles. The molecule has 9 heteroatoms. The van der Waals surface area contributed by atoms with Gasteiger partial charge >= 0.3 is 6.03 Å². The first-order valence-electron chi connectivity index (χ1n) is 11.1. The van der Waals surface area contributed by atoms with Crippen LogP contribution in [0.1, 0.15) is 36.0 Å². The quantitative estimate of drug-likeness (QED) is 0.428. The van der Waals surface area contributed by atoms with Crippen molar-refractivity contribution in [3.8, 4) is 0 Å². The molecule has 33 heavy (non-hydrogen) atoms. The van der Waals surface area contributed by atoms with Crippen LogP contribution in [0.25, 0.3) is 0 Å². The molecule has 0 unspecified atom stereocenters. The molecule has 0 saturated carbocycles. The molecule has 3 heterocycles. The van der Waals surface area contributed by atoms with E-state index in [9.17, 15) is 24.5 Å². The summed E-state index contributed by atoms with van der Waals surface area (Å²) in [5.41, 5.74) is 1.91. The summed E-state index contributed by atoms with van der Waals surface area (Å²) >= 11 is 0. The Morgan fingerprint density at radius 2 is 1.82 bits per heavy atom. The number of barbiturate groups is 1. The number of non-ortho nitro benzene ring substituents is 1. The maximum absolute atomic E-state index is 14.1. The molecule has 5 rings (SSSR count). The first-order valence-corrected chi connectivity index (χ1v) is 11.1. The van der Waals surface area contributed by atoms with Crippen molar-refractivity contribution in [1.29, 1.82) is 0 Å². The maximum atomic E-state index is 14.1. The smallest absolute Gasteiger partial charge is 0.335 e. The molecule has 0 aliphatic carbocycles.